The Morgan fingerprint density at radius 2 is 1.62 bits per heavy atom. The third kappa shape index (κ3) is 10.5. The van der Waals surface area contributed by atoms with Crippen LogP contribution in [-0.2, 0) is 11.8 Å². The van der Waals surface area contributed by atoms with Gasteiger partial charge >= 0.3 is 0 Å². The van der Waals surface area contributed by atoms with Gasteiger partial charge in [-0.3, -0.25) is 0 Å². The van der Waals surface area contributed by atoms with Crippen molar-refractivity contribution in [3.05, 3.63) is 67.8 Å². The van der Waals surface area contributed by atoms with Gasteiger partial charge in [-0.1, -0.05) is 118 Å². The summed E-state index contributed by atoms with van der Waals surface area (Å²) >= 11 is 5.94. The fourth-order valence-electron chi connectivity index (χ4n) is 6.34. The minimum atomic E-state index is 0.110. The molecule has 0 bridgehead atoms. The van der Waals surface area contributed by atoms with Gasteiger partial charge in [-0.05, 0) is 109 Å². The van der Waals surface area contributed by atoms with Crippen LogP contribution in [0.4, 0.5) is 0 Å². The summed E-state index contributed by atoms with van der Waals surface area (Å²) in [5.74, 6) is 1.58. The molecule has 0 N–H and O–H groups in total. The summed E-state index contributed by atoms with van der Waals surface area (Å²) in [5, 5.41) is 1.42. The zero-order valence-electron chi connectivity index (χ0n) is 30.5. The first-order chi connectivity index (χ1) is 21.5. The van der Waals surface area contributed by atoms with E-state index < -0.39 is 0 Å². The molecule has 3 aromatic rings. The fourth-order valence-corrected chi connectivity index (χ4v) is 9.45. The third-order valence-corrected chi connectivity index (χ3v) is 13.0. The fraction of sp³-hybridized carbons (Fsp3) is 0.571. The van der Waals surface area contributed by atoms with E-state index in [1.54, 1.807) is 0 Å². The summed E-state index contributed by atoms with van der Waals surface area (Å²) in [4.78, 5) is 5.86. The molecule has 0 aliphatic rings. The second-order valence-electron chi connectivity index (χ2n) is 14.2. The molecule has 0 aliphatic heterocycles. The lowest BCUT2D eigenvalue weighted by Crippen LogP contribution is -2.07. The first-order valence-electron chi connectivity index (χ1n) is 17.8. The molecule has 0 amide bonds. The predicted octanol–water partition coefficient (Wildman–Crippen LogP) is 15.4. The summed E-state index contributed by atoms with van der Waals surface area (Å²) < 4.78 is 1.45. The molecule has 3 heteroatoms. The maximum atomic E-state index is 2.51. The van der Waals surface area contributed by atoms with Crippen LogP contribution in [0.15, 0.2) is 46.9 Å². The molecule has 2 unspecified atom stereocenters. The second kappa shape index (κ2) is 18.1. The van der Waals surface area contributed by atoms with E-state index in [1.165, 1.54) is 115 Å². The number of fused-ring (bicyclic) bond motifs is 1. The van der Waals surface area contributed by atoms with Gasteiger partial charge in [0.05, 0.1) is 0 Å². The largest absolute Gasteiger partial charge is 0.140 e. The Balaban J connectivity index is 2.23. The van der Waals surface area contributed by atoms with Crippen LogP contribution in [0.1, 0.15) is 148 Å². The van der Waals surface area contributed by atoms with Gasteiger partial charge in [0.25, 0.3) is 0 Å². The van der Waals surface area contributed by atoms with Gasteiger partial charge in [-0.25, -0.2) is 0 Å². The molecule has 0 aliphatic carbocycles. The van der Waals surface area contributed by atoms with Crippen LogP contribution in [0.5, 0.6) is 0 Å². The standard InChI is InChI=1S/C42H62S3/c1-12-17-19-32(15-4)24-29(6)20-21-30(7)36-27-33(26-34(16-5)43-11)40(41-37(36)28-39(45-41)42(8,9)10)38-23-22-35(44-38)25-31(14-3)18-13-2/h20-23,26-28,31-32H,12-19,24-25H2,1-11H3/b29-20+,30-21+,34-26-. The molecule has 0 nitrogen and oxygen atoms in total. The average Bonchev–Trinajstić information content (AvgIpc) is 3.67. The van der Waals surface area contributed by atoms with Crippen molar-refractivity contribution in [1.82, 2.24) is 0 Å². The van der Waals surface area contributed by atoms with Crippen molar-refractivity contribution in [2.45, 2.75) is 139 Å². The highest BCUT2D eigenvalue weighted by atomic mass is 32.2. The number of thiophene rings is 2. The highest BCUT2D eigenvalue weighted by Gasteiger charge is 2.23. The molecule has 0 radical (unpaired) electrons. The lowest BCUT2D eigenvalue weighted by atomic mass is 9.90. The number of hydrogen-bond acceptors (Lipinski definition) is 3. The Bertz CT molecular complexity index is 1440. The van der Waals surface area contributed by atoms with Gasteiger partial charge in [0.1, 0.15) is 0 Å². The molecule has 0 spiro atoms. The van der Waals surface area contributed by atoms with E-state index in [4.69, 9.17) is 0 Å². The second-order valence-corrected chi connectivity index (χ2v) is 17.3. The van der Waals surface area contributed by atoms with Gasteiger partial charge in [0.2, 0.25) is 0 Å². The maximum absolute atomic E-state index is 2.51. The molecule has 2 atom stereocenters. The molecule has 0 saturated carbocycles. The van der Waals surface area contributed by atoms with Gasteiger partial charge in [-0.15, -0.1) is 34.4 Å². The van der Waals surface area contributed by atoms with Crippen molar-refractivity contribution in [2.24, 2.45) is 11.8 Å². The Labute approximate surface area is 289 Å². The SMILES string of the molecule is CCCCC(CC)C/C(C)=C/C=C(\C)c1cc(/C=C(/CC)SC)c(-c2ccc(CC(CC)CCC)s2)c2sc(C(C)(C)C)cc12. The molecule has 0 fully saturated rings. The maximum Gasteiger partial charge on any atom is 0.0444 e. The highest BCUT2D eigenvalue weighted by molar-refractivity contribution is 8.02. The van der Waals surface area contributed by atoms with Crippen molar-refractivity contribution >= 4 is 56.2 Å². The van der Waals surface area contributed by atoms with Crippen LogP contribution in [0.25, 0.3) is 32.2 Å². The van der Waals surface area contributed by atoms with Crippen LogP contribution < -0.4 is 0 Å². The predicted molar refractivity (Wildman–Crippen MR) is 213 cm³/mol. The molecule has 2 aromatic heterocycles. The molecule has 248 valence electrons. The Morgan fingerprint density at radius 1 is 0.889 bits per heavy atom. The Hall–Kier alpha value is -1.55. The third-order valence-electron chi connectivity index (χ3n) is 9.37. The van der Waals surface area contributed by atoms with Crippen LogP contribution in [-0.4, -0.2) is 6.26 Å². The summed E-state index contributed by atoms with van der Waals surface area (Å²) in [6.45, 7) is 23.4. The first kappa shape index (κ1) is 37.9. The molecule has 0 saturated heterocycles. The Morgan fingerprint density at radius 3 is 2.22 bits per heavy atom. The van der Waals surface area contributed by atoms with E-state index in [0.717, 1.165) is 18.3 Å². The highest BCUT2D eigenvalue weighted by Crippen LogP contribution is 2.47. The van der Waals surface area contributed by atoms with Gasteiger partial charge in [0.15, 0.2) is 0 Å². The lowest BCUT2D eigenvalue weighted by Gasteiger charge is -2.15. The van der Waals surface area contributed by atoms with Gasteiger partial charge in [-0.2, -0.15) is 0 Å². The number of rotatable bonds is 17. The van der Waals surface area contributed by atoms with Crippen molar-refractivity contribution in [3.8, 4) is 10.4 Å². The number of allylic oxidation sites excluding steroid dienone is 5. The van der Waals surface area contributed by atoms with Crippen molar-refractivity contribution in [3.63, 3.8) is 0 Å². The average molecular weight is 663 g/mol. The van der Waals surface area contributed by atoms with E-state index in [0.29, 0.717) is 0 Å². The van der Waals surface area contributed by atoms with Crippen LogP contribution >= 0.6 is 34.4 Å². The summed E-state index contributed by atoms with van der Waals surface area (Å²) in [6.07, 6.45) is 22.1. The lowest BCUT2D eigenvalue weighted by molar-refractivity contribution is 0.448. The van der Waals surface area contributed by atoms with Crippen molar-refractivity contribution in [1.29, 1.82) is 0 Å². The van der Waals surface area contributed by atoms with Crippen LogP contribution in [0.3, 0.4) is 0 Å². The molecule has 3 rings (SSSR count). The monoisotopic (exact) mass is 662 g/mol. The molecule has 45 heavy (non-hydrogen) atoms. The van der Waals surface area contributed by atoms with Gasteiger partial charge < -0.3 is 0 Å². The van der Waals surface area contributed by atoms with Crippen molar-refractivity contribution < 1.29 is 0 Å². The van der Waals surface area contributed by atoms with Gasteiger partial charge in [0, 0.05) is 30.3 Å². The summed E-state index contributed by atoms with van der Waals surface area (Å²) in [7, 11) is 0. The number of benzene rings is 1. The number of hydrogen-bond donors (Lipinski definition) is 0. The number of thioether (sulfide) groups is 1. The molecular formula is C42H62S3. The Kier molecular flexibility index (Phi) is 15.3. The summed E-state index contributed by atoms with van der Waals surface area (Å²) in [5.41, 5.74) is 7.17. The van der Waals surface area contributed by atoms with E-state index in [2.05, 4.69) is 118 Å². The normalized spacial score (nSPS) is 14.9. The van der Waals surface area contributed by atoms with Crippen molar-refractivity contribution in [2.75, 3.05) is 6.26 Å². The minimum absolute atomic E-state index is 0.110. The topological polar surface area (TPSA) is 0 Å². The van der Waals surface area contributed by atoms with E-state index in [-0.39, 0.29) is 5.41 Å². The van der Waals surface area contributed by atoms with E-state index >= 15 is 0 Å². The summed E-state index contributed by atoms with van der Waals surface area (Å²) in [6, 6.07) is 9.86. The van der Waals surface area contributed by atoms with E-state index in [9.17, 15) is 0 Å². The smallest absolute Gasteiger partial charge is 0.0444 e. The first-order valence-corrected chi connectivity index (χ1v) is 20.6. The zero-order chi connectivity index (χ0) is 33.1. The number of unbranched alkanes of at least 4 members (excludes halogenated alkanes) is 1. The van der Waals surface area contributed by atoms with Crippen LogP contribution in [0, 0.1) is 11.8 Å². The zero-order valence-corrected chi connectivity index (χ0v) is 32.9. The van der Waals surface area contributed by atoms with Crippen LogP contribution in [0.2, 0.25) is 0 Å². The quantitative estimate of drug-likeness (QED) is 0.130. The van der Waals surface area contributed by atoms with E-state index in [1.807, 2.05) is 34.4 Å². The molecule has 2 heterocycles. The molecule has 1 aromatic carbocycles. The minimum Gasteiger partial charge on any atom is -0.140 e. The molecular weight excluding hydrogens is 601 g/mol.